The number of benzene rings is 1. The Morgan fingerprint density at radius 1 is 1.32 bits per heavy atom. The summed E-state index contributed by atoms with van der Waals surface area (Å²) in [4.78, 5) is 13.4. The van der Waals surface area contributed by atoms with Crippen molar-refractivity contribution in [3.63, 3.8) is 0 Å². The molecule has 1 amide bonds. The van der Waals surface area contributed by atoms with E-state index in [-0.39, 0.29) is 17.4 Å². The highest BCUT2D eigenvalue weighted by atomic mass is 35.5. The number of ether oxygens (including phenoxy) is 1. The van der Waals surface area contributed by atoms with Crippen molar-refractivity contribution < 1.29 is 14.6 Å². The number of methoxy groups -OCH3 is 1. The lowest BCUT2D eigenvalue weighted by Gasteiger charge is -2.27. The Kier molecular flexibility index (Phi) is 3.66. The van der Waals surface area contributed by atoms with Crippen LogP contribution in [0, 0.1) is 13.8 Å². The van der Waals surface area contributed by atoms with Gasteiger partial charge >= 0.3 is 0 Å². The Balaban J connectivity index is 2.05. The first kappa shape index (κ1) is 15.0. The first-order valence-corrected chi connectivity index (χ1v) is 7.85. The number of nitrogens with one attached hydrogen (secondary N) is 2. The van der Waals surface area contributed by atoms with Crippen LogP contribution in [0.25, 0.3) is 0 Å². The van der Waals surface area contributed by atoms with Gasteiger partial charge in [-0.3, -0.25) is 4.79 Å². The number of amides is 1. The van der Waals surface area contributed by atoms with E-state index in [2.05, 4.69) is 10.6 Å². The number of phenols is 1. The standard InChI is InChI=1S/C15H15ClN2O3S/c1-6-7(2)22-15-11(6)14(20)17-13(18-15)9-4-8(16)5-10(21-3)12(9)19/h4-5,13,18-19H,1-3H3,(H,17,20). The van der Waals surface area contributed by atoms with Gasteiger partial charge in [-0.25, -0.2) is 0 Å². The van der Waals surface area contributed by atoms with Gasteiger partial charge in [-0.1, -0.05) is 11.6 Å². The summed E-state index contributed by atoms with van der Waals surface area (Å²) in [6.07, 6.45) is -0.565. The fourth-order valence-corrected chi connectivity index (χ4v) is 3.80. The number of aromatic hydroxyl groups is 1. The molecule has 0 radical (unpaired) electrons. The maximum Gasteiger partial charge on any atom is 0.256 e. The number of thiophene rings is 1. The van der Waals surface area contributed by atoms with Gasteiger partial charge in [0.15, 0.2) is 11.5 Å². The monoisotopic (exact) mass is 338 g/mol. The molecule has 2 aromatic rings. The lowest BCUT2D eigenvalue weighted by molar-refractivity contribution is 0.0935. The van der Waals surface area contributed by atoms with Gasteiger partial charge in [0.2, 0.25) is 0 Å². The Morgan fingerprint density at radius 2 is 2.05 bits per heavy atom. The SMILES string of the molecule is COc1cc(Cl)cc(C2NC(=O)c3c(sc(C)c3C)N2)c1O. The molecule has 0 spiro atoms. The molecule has 3 N–H and O–H groups in total. The molecule has 0 aliphatic carbocycles. The molecule has 1 aliphatic rings. The molecule has 3 rings (SSSR count). The maximum atomic E-state index is 12.4. The van der Waals surface area contributed by atoms with Crippen molar-refractivity contribution in [2.45, 2.75) is 20.0 Å². The second kappa shape index (κ2) is 5.37. The van der Waals surface area contributed by atoms with Crippen molar-refractivity contribution in [2.75, 3.05) is 12.4 Å². The van der Waals surface area contributed by atoms with Crippen molar-refractivity contribution in [3.05, 3.63) is 38.7 Å². The molecule has 0 bridgehead atoms. The minimum absolute atomic E-state index is 0.0434. The first-order valence-electron chi connectivity index (χ1n) is 6.66. The third-order valence-corrected chi connectivity index (χ3v) is 5.12. The molecular formula is C15H15ClN2O3S. The second-order valence-corrected chi connectivity index (χ2v) is 6.75. The Hall–Kier alpha value is -1.92. The lowest BCUT2D eigenvalue weighted by atomic mass is 10.1. The van der Waals surface area contributed by atoms with Gasteiger partial charge in [0.1, 0.15) is 11.2 Å². The van der Waals surface area contributed by atoms with E-state index in [9.17, 15) is 9.90 Å². The normalized spacial score (nSPS) is 16.7. The maximum absolute atomic E-state index is 12.4. The van der Waals surface area contributed by atoms with Gasteiger partial charge in [0.05, 0.1) is 12.7 Å². The molecule has 116 valence electrons. The van der Waals surface area contributed by atoms with Crippen LogP contribution in [0.4, 0.5) is 5.00 Å². The lowest BCUT2D eigenvalue weighted by Crippen LogP contribution is -2.38. The average Bonchev–Trinajstić information content (AvgIpc) is 2.76. The summed E-state index contributed by atoms with van der Waals surface area (Å²) in [6.45, 7) is 3.90. The van der Waals surface area contributed by atoms with Crippen LogP contribution in [0.3, 0.4) is 0 Å². The van der Waals surface area contributed by atoms with E-state index < -0.39 is 6.17 Å². The predicted molar refractivity (Wildman–Crippen MR) is 87.3 cm³/mol. The fourth-order valence-electron chi connectivity index (χ4n) is 2.50. The summed E-state index contributed by atoms with van der Waals surface area (Å²) < 4.78 is 5.10. The third kappa shape index (κ3) is 2.28. The smallest absolute Gasteiger partial charge is 0.256 e. The van der Waals surface area contributed by atoms with E-state index in [1.807, 2.05) is 13.8 Å². The van der Waals surface area contributed by atoms with E-state index >= 15 is 0 Å². The first-order chi connectivity index (χ1) is 10.4. The van der Waals surface area contributed by atoms with Gasteiger partial charge in [-0.05, 0) is 25.5 Å². The van der Waals surface area contributed by atoms with Crippen LogP contribution in [0.2, 0.25) is 5.02 Å². The summed E-state index contributed by atoms with van der Waals surface area (Å²) in [5.74, 6) is 0.0555. The molecule has 1 aromatic carbocycles. The number of carbonyl (C=O) groups is 1. The van der Waals surface area contributed by atoms with Crippen LogP contribution < -0.4 is 15.4 Å². The number of fused-ring (bicyclic) bond motifs is 1. The van der Waals surface area contributed by atoms with E-state index in [4.69, 9.17) is 16.3 Å². The Morgan fingerprint density at radius 3 is 2.73 bits per heavy atom. The third-order valence-electron chi connectivity index (χ3n) is 3.76. The number of carbonyl (C=O) groups excluding carboxylic acids is 1. The number of aryl methyl sites for hydroxylation is 1. The molecule has 1 unspecified atom stereocenters. The van der Waals surface area contributed by atoms with Gasteiger partial charge in [0.25, 0.3) is 5.91 Å². The fraction of sp³-hybridized carbons (Fsp3) is 0.267. The average molecular weight is 339 g/mol. The summed E-state index contributed by atoms with van der Waals surface area (Å²) in [6, 6.07) is 3.13. The topological polar surface area (TPSA) is 70.6 Å². The minimum atomic E-state index is -0.565. The highest BCUT2D eigenvalue weighted by Crippen LogP contribution is 2.41. The molecule has 1 aromatic heterocycles. The van der Waals surface area contributed by atoms with E-state index in [0.717, 1.165) is 15.4 Å². The number of phenolic OH excluding ortho intramolecular Hbond substituents is 1. The highest BCUT2D eigenvalue weighted by Gasteiger charge is 2.31. The quantitative estimate of drug-likeness (QED) is 0.782. The van der Waals surface area contributed by atoms with Crippen molar-refractivity contribution >= 4 is 33.8 Å². The molecular weight excluding hydrogens is 324 g/mol. The number of rotatable bonds is 2. The number of halogens is 1. The number of anilines is 1. The van der Waals surface area contributed by atoms with Crippen molar-refractivity contribution in [3.8, 4) is 11.5 Å². The van der Waals surface area contributed by atoms with Crippen LogP contribution >= 0.6 is 22.9 Å². The zero-order valence-electron chi connectivity index (χ0n) is 12.3. The number of hydrogen-bond donors (Lipinski definition) is 3. The summed E-state index contributed by atoms with van der Waals surface area (Å²) >= 11 is 7.58. The van der Waals surface area contributed by atoms with Crippen LogP contribution in [-0.4, -0.2) is 18.1 Å². The summed E-state index contributed by atoms with van der Waals surface area (Å²) in [7, 11) is 1.45. The van der Waals surface area contributed by atoms with Gasteiger partial charge < -0.3 is 20.5 Å². The van der Waals surface area contributed by atoms with E-state index in [1.54, 1.807) is 6.07 Å². The van der Waals surface area contributed by atoms with Gasteiger partial charge in [-0.15, -0.1) is 11.3 Å². The summed E-state index contributed by atoms with van der Waals surface area (Å²) in [5.41, 5.74) is 2.09. The molecule has 1 aliphatic heterocycles. The van der Waals surface area contributed by atoms with Crippen LogP contribution in [0.5, 0.6) is 11.5 Å². The summed E-state index contributed by atoms with van der Waals surface area (Å²) in [5, 5.41) is 17.6. The van der Waals surface area contributed by atoms with Gasteiger partial charge in [-0.2, -0.15) is 0 Å². The molecule has 7 heteroatoms. The molecule has 0 saturated heterocycles. The molecule has 0 saturated carbocycles. The van der Waals surface area contributed by atoms with Crippen molar-refractivity contribution in [1.82, 2.24) is 5.32 Å². The molecule has 5 nitrogen and oxygen atoms in total. The molecule has 22 heavy (non-hydrogen) atoms. The highest BCUT2D eigenvalue weighted by molar-refractivity contribution is 7.16. The molecule has 0 fully saturated rings. The van der Waals surface area contributed by atoms with Gasteiger partial charge in [0, 0.05) is 21.5 Å². The van der Waals surface area contributed by atoms with Crippen molar-refractivity contribution in [2.24, 2.45) is 0 Å². The Bertz CT molecular complexity index is 773. The van der Waals surface area contributed by atoms with E-state index in [1.165, 1.54) is 24.5 Å². The Labute approximate surface area is 136 Å². The zero-order valence-corrected chi connectivity index (χ0v) is 13.9. The van der Waals surface area contributed by atoms with Crippen LogP contribution in [0.1, 0.15) is 32.5 Å². The van der Waals surface area contributed by atoms with E-state index in [0.29, 0.717) is 16.1 Å². The number of hydrogen-bond acceptors (Lipinski definition) is 5. The molecule has 1 atom stereocenters. The molecule has 2 heterocycles. The second-order valence-electron chi connectivity index (χ2n) is 5.08. The van der Waals surface area contributed by atoms with Crippen molar-refractivity contribution in [1.29, 1.82) is 0 Å². The zero-order chi connectivity index (χ0) is 16.0. The minimum Gasteiger partial charge on any atom is -0.504 e. The van der Waals surface area contributed by atoms with Crippen LogP contribution in [-0.2, 0) is 0 Å². The predicted octanol–water partition coefficient (Wildman–Crippen LogP) is 3.59. The van der Waals surface area contributed by atoms with Crippen LogP contribution in [0.15, 0.2) is 12.1 Å². The largest absolute Gasteiger partial charge is 0.504 e.